The third-order valence-corrected chi connectivity index (χ3v) is 18.4. The Morgan fingerprint density at radius 3 is 1.20 bits per heavy atom. The van der Waals surface area contributed by atoms with Crippen LogP contribution in [-0.2, 0) is 0 Å². The second-order valence-electron chi connectivity index (χ2n) is 14.7. The minimum atomic E-state index is -2.28. The van der Waals surface area contributed by atoms with Crippen molar-refractivity contribution in [3.63, 3.8) is 0 Å². The minimum absolute atomic E-state index is 0.0600. The Morgan fingerprint density at radius 2 is 0.864 bits per heavy atom. The van der Waals surface area contributed by atoms with Gasteiger partial charge in [0.1, 0.15) is 11.5 Å². The SMILES string of the molecule is CC(C)(C)[Si](C)(C)Oc1ccccc1-c1c2c(c(-c3ccccc3O[Si](C)(C)C(C)(C)C)c3ccccc13)C(=O)N(O)C2=O. The van der Waals surface area contributed by atoms with Gasteiger partial charge in [0.15, 0.2) is 0 Å². The van der Waals surface area contributed by atoms with E-state index < -0.39 is 28.4 Å². The van der Waals surface area contributed by atoms with Gasteiger partial charge in [0.2, 0.25) is 0 Å². The Hall–Kier alpha value is -3.73. The topological polar surface area (TPSA) is 76.1 Å². The van der Waals surface area contributed by atoms with Crippen LogP contribution in [0.25, 0.3) is 33.0 Å². The van der Waals surface area contributed by atoms with Crippen LogP contribution in [0.3, 0.4) is 0 Å². The summed E-state index contributed by atoms with van der Waals surface area (Å²) in [5, 5.41) is 12.5. The third kappa shape index (κ3) is 5.18. The fourth-order valence-electron chi connectivity index (χ4n) is 5.11. The van der Waals surface area contributed by atoms with Crippen LogP contribution in [0.1, 0.15) is 62.3 Å². The summed E-state index contributed by atoms with van der Waals surface area (Å²) in [6.07, 6.45) is 0. The van der Waals surface area contributed by atoms with Crippen LogP contribution in [0.2, 0.25) is 36.3 Å². The Bertz CT molecular complexity index is 1670. The highest BCUT2D eigenvalue weighted by Crippen LogP contribution is 2.50. The molecule has 8 heteroatoms. The smallest absolute Gasteiger partial charge is 0.286 e. The zero-order chi connectivity index (χ0) is 32.4. The number of fused-ring (bicyclic) bond motifs is 2. The van der Waals surface area contributed by atoms with Gasteiger partial charge in [0.25, 0.3) is 28.4 Å². The normalized spacial score (nSPS) is 14.3. The largest absolute Gasteiger partial charge is 0.543 e. The average molecular weight is 626 g/mol. The van der Waals surface area contributed by atoms with Crippen molar-refractivity contribution in [2.45, 2.75) is 77.8 Å². The quantitative estimate of drug-likeness (QED) is 0.131. The number of para-hydroxylation sites is 2. The molecule has 5 rings (SSSR count). The molecule has 0 bridgehead atoms. The lowest BCUT2D eigenvalue weighted by atomic mass is 9.84. The molecule has 1 aliphatic heterocycles. The molecule has 230 valence electrons. The zero-order valence-corrected chi connectivity index (χ0v) is 29.5. The van der Waals surface area contributed by atoms with Crippen LogP contribution in [-0.4, -0.2) is 38.7 Å². The van der Waals surface area contributed by atoms with E-state index in [-0.39, 0.29) is 26.3 Å². The molecular weight excluding hydrogens is 583 g/mol. The highest BCUT2D eigenvalue weighted by atomic mass is 28.4. The predicted octanol–water partition coefficient (Wildman–Crippen LogP) is 9.93. The minimum Gasteiger partial charge on any atom is -0.543 e. The van der Waals surface area contributed by atoms with E-state index in [1.165, 1.54) is 0 Å². The Morgan fingerprint density at radius 1 is 0.545 bits per heavy atom. The molecular formula is C36H43NO5Si2. The summed E-state index contributed by atoms with van der Waals surface area (Å²) in [4.78, 5) is 27.7. The van der Waals surface area contributed by atoms with Crippen molar-refractivity contribution in [3.05, 3.63) is 83.9 Å². The molecule has 6 nitrogen and oxygen atoms in total. The van der Waals surface area contributed by atoms with Gasteiger partial charge in [-0.15, -0.1) is 5.06 Å². The molecule has 0 saturated heterocycles. The molecule has 0 spiro atoms. The van der Waals surface area contributed by atoms with Gasteiger partial charge in [-0.05, 0) is 59.2 Å². The molecule has 0 fully saturated rings. The maximum absolute atomic E-state index is 13.8. The summed E-state index contributed by atoms with van der Waals surface area (Å²) in [6.45, 7) is 21.8. The van der Waals surface area contributed by atoms with Crippen LogP contribution >= 0.6 is 0 Å². The molecule has 44 heavy (non-hydrogen) atoms. The Labute approximate surface area is 262 Å². The molecule has 0 saturated carbocycles. The van der Waals surface area contributed by atoms with E-state index in [1.54, 1.807) is 0 Å². The first-order valence-corrected chi connectivity index (χ1v) is 20.9. The van der Waals surface area contributed by atoms with Gasteiger partial charge >= 0.3 is 0 Å². The number of imide groups is 1. The van der Waals surface area contributed by atoms with Crippen molar-refractivity contribution < 1.29 is 23.6 Å². The lowest BCUT2D eigenvalue weighted by Gasteiger charge is -2.37. The number of benzene rings is 4. The summed E-state index contributed by atoms with van der Waals surface area (Å²) in [5.74, 6) is -0.205. The molecule has 1 heterocycles. The number of rotatable bonds is 6. The number of carbonyl (C=O) groups is 2. The summed E-state index contributed by atoms with van der Waals surface area (Å²) in [5.41, 5.74) is 2.90. The number of carbonyl (C=O) groups excluding carboxylic acids is 2. The van der Waals surface area contributed by atoms with Crippen LogP contribution in [0, 0.1) is 0 Å². The van der Waals surface area contributed by atoms with Gasteiger partial charge in [-0.25, -0.2) is 0 Å². The first kappa shape index (κ1) is 31.7. The van der Waals surface area contributed by atoms with E-state index in [0.717, 1.165) is 10.8 Å². The lowest BCUT2D eigenvalue weighted by molar-refractivity contribution is -0.0326. The third-order valence-electron chi connectivity index (χ3n) is 9.68. The highest BCUT2D eigenvalue weighted by Gasteiger charge is 2.44. The summed E-state index contributed by atoms with van der Waals surface area (Å²) < 4.78 is 13.6. The summed E-state index contributed by atoms with van der Waals surface area (Å²) in [7, 11) is -4.56. The van der Waals surface area contributed by atoms with Gasteiger partial charge < -0.3 is 8.85 Å². The molecule has 0 unspecified atom stereocenters. The summed E-state index contributed by atoms with van der Waals surface area (Å²) >= 11 is 0. The number of amides is 2. The van der Waals surface area contributed by atoms with Crippen molar-refractivity contribution >= 4 is 39.2 Å². The van der Waals surface area contributed by atoms with Gasteiger partial charge in [0.05, 0.1) is 11.1 Å². The van der Waals surface area contributed by atoms with Gasteiger partial charge in [-0.2, -0.15) is 0 Å². The van der Waals surface area contributed by atoms with Crippen LogP contribution in [0.15, 0.2) is 72.8 Å². The molecule has 4 aromatic rings. The van der Waals surface area contributed by atoms with Gasteiger partial charge in [-0.3, -0.25) is 14.8 Å². The van der Waals surface area contributed by atoms with Crippen LogP contribution < -0.4 is 8.85 Å². The second kappa shape index (κ2) is 10.7. The van der Waals surface area contributed by atoms with Crippen molar-refractivity contribution in [2.24, 2.45) is 0 Å². The fourth-order valence-corrected chi connectivity index (χ4v) is 7.18. The maximum atomic E-state index is 13.8. The van der Waals surface area contributed by atoms with Crippen LogP contribution in [0.5, 0.6) is 11.5 Å². The van der Waals surface area contributed by atoms with E-state index in [0.29, 0.717) is 33.8 Å². The Kier molecular flexibility index (Phi) is 7.72. The molecule has 2 amide bonds. The van der Waals surface area contributed by atoms with Gasteiger partial charge in [0, 0.05) is 22.3 Å². The highest BCUT2D eigenvalue weighted by molar-refractivity contribution is 6.75. The van der Waals surface area contributed by atoms with Crippen molar-refractivity contribution in [1.29, 1.82) is 0 Å². The number of hydroxylamine groups is 2. The maximum Gasteiger partial charge on any atom is 0.286 e. The monoisotopic (exact) mass is 625 g/mol. The molecule has 4 aromatic carbocycles. The van der Waals surface area contributed by atoms with E-state index in [2.05, 4.69) is 67.7 Å². The van der Waals surface area contributed by atoms with Crippen molar-refractivity contribution in [1.82, 2.24) is 5.06 Å². The van der Waals surface area contributed by atoms with E-state index in [1.807, 2.05) is 72.8 Å². The lowest BCUT2D eigenvalue weighted by Crippen LogP contribution is -2.44. The average Bonchev–Trinajstić information content (AvgIpc) is 3.15. The van der Waals surface area contributed by atoms with Crippen LogP contribution in [0.4, 0.5) is 0 Å². The zero-order valence-electron chi connectivity index (χ0n) is 27.5. The summed E-state index contributed by atoms with van der Waals surface area (Å²) in [6, 6.07) is 23.1. The number of hydrogen-bond acceptors (Lipinski definition) is 5. The standard InChI is InChI=1S/C36H43NO5Si2/c1-35(2,3)43(7,8)41-27-21-15-13-19-25(27)29-23-17-11-12-18-24(23)30(32-31(29)33(38)37(40)34(32)39)26-20-14-16-22-28(26)42-44(9,10)36(4,5)6/h11-22,40H,1-10H3. The second-order valence-corrected chi connectivity index (χ2v) is 24.1. The van der Waals surface area contributed by atoms with E-state index in [9.17, 15) is 14.8 Å². The fraction of sp³-hybridized carbons (Fsp3) is 0.333. The molecule has 0 aromatic heterocycles. The first-order valence-electron chi connectivity index (χ1n) is 15.1. The van der Waals surface area contributed by atoms with Crippen molar-refractivity contribution in [2.75, 3.05) is 0 Å². The number of nitrogens with zero attached hydrogens (tertiary/aromatic N) is 1. The van der Waals surface area contributed by atoms with Crippen molar-refractivity contribution in [3.8, 4) is 33.8 Å². The molecule has 1 N–H and O–H groups in total. The molecule has 0 atom stereocenters. The molecule has 1 aliphatic rings. The molecule has 0 radical (unpaired) electrons. The first-order chi connectivity index (χ1) is 20.4. The van der Waals surface area contributed by atoms with E-state index >= 15 is 0 Å². The van der Waals surface area contributed by atoms with Gasteiger partial charge in [-0.1, -0.05) is 102 Å². The predicted molar refractivity (Wildman–Crippen MR) is 183 cm³/mol. The Balaban J connectivity index is 1.87. The molecule has 0 aliphatic carbocycles. The number of hydrogen-bond donors (Lipinski definition) is 1. The van der Waals surface area contributed by atoms with E-state index in [4.69, 9.17) is 8.85 Å².